The van der Waals surface area contributed by atoms with Gasteiger partial charge in [0.25, 0.3) is 0 Å². The Bertz CT molecular complexity index is 556. The second kappa shape index (κ2) is 5.00. The molecular weight excluding hydrogens is 236 g/mol. The predicted molar refractivity (Wildman–Crippen MR) is 69.8 cm³/mol. The first kappa shape index (κ1) is 13.9. The normalized spacial score (nSPS) is 12.0. The Morgan fingerprint density at radius 1 is 1.22 bits per heavy atom. The lowest BCUT2D eigenvalue weighted by Gasteiger charge is -2.13. The van der Waals surface area contributed by atoms with Crippen molar-refractivity contribution in [2.75, 3.05) is 0 Å². The SMILES string of the molecule is C=C(N)c1c(F)ccc(/C(C(C)=N)=C(\C)N)c1F. The van der Waals surface area contributed by atoms with Gasteiger partial charge in [-0.2, -0.15) is 0 Å². The van der Waals surface area contributed by atoms with Crippen molar-refractivity contribution < 1.29 is 8.78 Å². The van der Waals surface area contributed by atoms with Crippen LogP contribution in [0.4, 0.5) is 8.78 Å². The summed E-state index contributed by atoms with van der Waals surface area (Å²) in [6.45, 7) is 6.36. The van der Waals surface area contributed by atoms with Gasteiger partial charge < -0.3 is 16.9 Å². The summed E-state index contributed by atoms with van der Waals surface area (Å²) in [6, 6.07) is 2.32. The first-order valence-corrected chi connectivity index (χ1v) is 5.22. The number of nitrogens with one attached hydrogen (secondary N) is 1. The smallest absolute Gasteiger partial charge is 0.143 e. The van der Waals surface area contributed by atoms with Crippen LogP contribution >= 0.6 is 0 Å². The number of halogens is 2. The zero-order chi connectivity index (χ0) is 14.0. The fourth-order valence-electron chi connectivity index (χ4n) is 1.75. The molecule has 0 saturated carbocycles. The third kappa shape index (κ3) is 2.40. The average molecular weight is 251 g/mol. The van der Waals surface area contributed by atoms with Crippen molar-refractivity contribution in [1.82, 2.24) is 0 Å². The van der Waals surface area contributed by atoms with Gasteiger partial charge in [-0.15, -0.1) is 0 Å². The van der Waals surface area contributed by atoms with Crippen LogP contribution in [0, 0.1) is 17.0 Å². The molecule has 5 N–H and O–H groups in total. The van der Waals surface area contributed by atoms with Gasteiger partial charge in [0.15, 0.2) is 0 Å². The molecule has 96 valence electrons. The molecular formula is C13H15F2N3. The van der Waals surface area contributed by atoms with Crippen LogP contribution in [0.25, 0.3) is 11.3 Å². The van der Waals surface area contributed by atoms with Crippen molar-refractivity contribution in [2.24, 2.45) is 11.5 Å². The molecule has 0 saturated heterocycles. The first-order chi connectivity index (χ1) is 8.27. The minimum Gasteiger partial charge on any atom is -0.402 e. The summed E-state index contributed by atoms with van der Waals surface area (Å²) in [5.74, 6) is -1.64. The van der Waals surface area contributed by atoms with E-state index >= 15 is 0 Å². The lowest BCUT2D eigenvalue weighted by Crippen LogP contribution is -2.10. The fourth-order valence-corrected chi connectivity index (χ4v) is 1.75. The molecule has 1 aromatic rings. The zero-order valence-corrected chi connectivity index (χ0v) is 10.3. The van der Waals surface area contributed by atoms with Gasteiger partial charge in [-0.1, -0.05) is 6.58 Å². The van der Waals surface area contributed by atoms with Crippen molar-refractivity contribution in [3.8, 4) is 0 Å². The van der Waals surface area contributed by atoms with Crippen molar-refractivity contribution in [3.05, 3.63) is 47.2 Å². The van der Waals surface area contributed by atoms with Crippen molar-refractivity contribution in [3.63, 3.8) is 0 Å². The Kier molecular flexibility index (Phi) is 3.86. The summed E-state index contributed by atoms with van der Waals surface area (Å²) in [4.78, 5) is 0. The van der Waals surface area contributed by atoms with Gasteiger partial charge in [-0.05, 0) is 26.0 Å². The lowest BCUT2D eigenvalue weighted by atomic mass is 9.96. The molecule has 1 rings (SSSR count). The second-order valence-electron chi connectivity index (χ2n) is 3.99. The maximum Gasteiger partial charge on any atom is 0.143 e. The molecule has 0 spiro atoms. The van der Waals surface area contributed by atoms with E-state index in [0.717, 1.165) is 6.07 Å². The topological polar surface area (TPSA) is 75.9 Å². The van der Waals surface area contributed by atoms with Crippen molar-refractivity contribution in [2.45, 2.75) is 13.8 Å². The monoisotopic (exact) mass is 251 g/mol. The Morgan fingerprint density at radius 2 is 1.78 bits per heavy atom. The summed E-state index contributed by atoms with van der Waals surface area (Å²) in [5, 5.41) is 7.60. The van der Waals surface area contributed by atoms with Crippen LogP contribution < -0.4 is 11.5 Å². The van der Waals surface area contributed by atoms with Gasteiger partial charge in [0.05, 0.1) is 5.56 Å². The molecule has 3 nitrogen and oxygen atoms in total. The van der Waals surface area contributed by atoms with Gasteiger partial charge in [0, 0.05) is 28.2 Å². The number of rotatable bonds is 3. The van der Waals surface area contributed by atoms with E-state index in [4.69, 9.17) is 16.9 Å². The Morgan fingerprint density at radius 3 is 2.17 bits per heavy atom. The van der Waals surface area contributed by atoms with Crippen molar-refractivity contribution in [1.29, 1.82) is 5.41 Å². The summed E-state index contributed by atoms with van der Waals surface area (Å²) < 4.78 is 27.7. The van der Waals surface area contributed by atoms with Gasteiger partial charge in [-0.3, -0.25) is 0 Å². The second-order valence-corrected chi connectivity index (χ2v) is 3.99. The van der Waals surface area contributed by atoms with Gasteiger partial charge in [0.1, 0.15) is 11.6 Å². The van der Waals surface area contributed by atoms with Crippen LogP contribution in [0.3, 0.4) is 0 Å². The highest BCUT2D eigenvalue weighted by atomic mass is 19.1. The largest absolute Gasteiger partial charge is 0.402 e. The molecule has 1 aromatic carbocycles. The highest BCUT2D eigenvalue weighted by molar-refractivity contribution is 6.22. The van der Waals surface area contributed by atoms with Crippen LogP contribution in [0.15, 0.2) is 24.4 Å². The van der Waals surface area contributed by atoms with E-state index in [-0.39, 0.29) is 33.8 Å². The number of allylic oxidation sites excluding steroid dienone is 2. The molecule has 0 aliphatic rings. The average Bonchev–Trinajstić information content (AvgIpc) is 2.20. The summed E-state index contributed by atoms with van der Waals surface area (Å²) >= 11 is 0. The maximum atomic E-state index is 14.2. The Labute approximate surface area is 104 Å². The molecule has 0 unspecified atom stereocenters. The molecule has 0 bridgehead atoms. The Hall–Kier alpha value is -2.17. The van der Waals surface area contributed by atoms with E-state index in [2.05, 4.69) is 6.58 Å². The standard InChI is InChI=1S/C13H15F2N3/c1-6(16)11(7(2)17)9-4-5-10(14)12(8(3)18)13(9)15/h4-5,16H,3,17-18H2,1-2H3/b11-7+,16-6?. The Balaban J connectivity index is 3.64. The van der Waals surface area contributed by atoms with E-state index in [9.17, 15) is 8.78 Å². The molecule has 0 aliphatic carbocycles. The van der Waals surface area contributed by atoms with Gasteiger partial charge >= 0.3 is 0 Å². The summed E-state index contributed by atoms with van der Waals surface area (Å²) in [7, 11) is 0. The highest BCUT2D eigenvalue weighted by Crippen LogP contribution is 2.27. The van der Waals surface area contributed by atoms with Crippen LogP contribution in [-0.4, -0.2) is 5.71 Å². The van der Waals surface area contributed by atoms with Crippen LogP contribution in [-0.2, 0) is 0 Å². The third-order valence-corrected chi connectivity index (χ3v) is 2.45. The molecule has 0 amide bonds. The van der Waals surface area contributed by atoms with E-state index in [1.165, 1.54) is 13.0 Å². The zero-order valence-electron chi connectivity index (χ0n) is 10.3. The summed E-state index contributed by atoms with van der Waals surface area (Å²) in [6.07, 6.45) is 0. The van der Waals surface area contributed by atoms with Crippen LogP contribution in [0.1, 0.15) is 25.0 Å². The number of hydrogen-bond donors (Lipinski definition) is 3. The van der Waals surface area contributed by atoms with Crippen LogP contribution in [0.5, 0.6) is 0 Å². The van der Waals surface area contributed by atoms with Gasteiger partial charge in [-0.25, -0.2) is 8.78 Å². The molecule has 18 heavy (non-hydrogen) atoms. The fraction of sp³-hybridized carbons (Fsp3) is 0.154. The number of hydrogen-bond acceptors (Lipinski definition) is 3. The molecule has 0 aliphatic heterocycles. The highest BCUT2D eigenvalue weighted by Gasteiger charge is 2.19. The molecule has 0 aromatic heterocycles. The molecule has 5 heteroatoms. The minimum absolute atomic E-state index is 0.0468. The lowest BCUT2D eigenvalue weighted by molar-refractivity contribution is 0.574. The first-order valence-electron chi connectivity index (χ1n) is 5.22. The predicted octanol–water partition coefficient (Wildman–Crippen LogP) is 2.62. The summed E-state index contributed by atoms with van der Waals surface area (Å²) in [5.41, 5.74) is 11.1. The van der Waals surface area contributed by atoms with Crippen molar-refractivity contribution >= 4 is 17.0 Å². The third-order valence-electron chi connectivity index (χ3n) is 2.45. The van der Waals surface area contributed by atoms with E-state index in [0.29, 0.717) is 0 Å². The van der Waals surface area contributed by atoms with E-state index < -0.39 is 11.6 Å². The van der Waals surface area contributed by atoms with E-state index in [1.54, 1.807) is 6.92 Å². The van der Waals surface area contributed by atoms with Crippen LogP contribution in [0.2, 0.25) is 0 Å². The number of nitrogens with two attached hydrogens (primary N) is 2. The molecule has 0 radical (unpaired) electrons. The minimum atomic E-state index is -0.853. The number of benzene rings is 1. The van der Waals surface area contributed by atoms with E-state index in [1.807, 2.05) is 0 Å². The molecule has 0 heterocycles. The molecule has 0 fully saturated rings. The quantitative estimate of drug-likeness (QED) is 0.722. The molecule has 0 atom stereocenters. The van der Waals surface area contributed by atoms with Gasteiger partial charge in [0.2, 0.25) is 0 Å². The maximum absolute atomic E-state index is 14.2.